The van der Waals surface area contributed by atoms with Crippen LogP contribution in [0.1, 0.15) is 22.3 Å². The monoisotopic (exact) mass is 482 g/mol. The minimum absolute atomic E-state index is 0.00660. The van der Waals surface area contributed by atoms with Gasteiger partial charge in [-0.15, -0.1) is 0 Å². The van der Waals surface area contributed by atoms with Crippen LogP contribution in [0.3, 0.4) is 0 Å². The molecule has 2 saturated heterocycles. The van der Waals surface area contributed by atoms with E-state index in [4.69, 9.17) is 0 Å². The van der Waals surface area contributed by atoms with Gasteiger partial charge in [-0.2, -0.15) is 0 Å². The average Bonchev–Trinajstić information content (AvgIpc) is 3.32. The summed E-state index contributed by atoms with van der Waals surface area (Å²) in [7, 11) is 0. The van der Waals surface area contributed by atoms with Gasteiger partial charge in [0.05, 0.1) is 5.92 Å². The lowest BCUT2D eigenvalue weighted by Gasteiger charge is -2.34. The molecule has 3 aromatic rings. The highest BCUT2D eigenvalue weighted by atomic mass is 16.2. The first-order valence-corrected chi connectivity index (χ1v) is 12.4. The smallest absolute Gasteiger partial charge is 0.253 e. The summed E-state index contributed by atoms with van der Waals surface area (Å²) < 4.78 is 0. The molecule has 3 amide bonds. The molecule has 2 aliphatic heterocycles. The Hall–Kier alpha value is -3.97. The van der Waals surface area contributed by atoms with Gasteiger partial charge in [-0.05, 0) is 42.0 Å². The number of carbonyl (C=O) groups excluding carboxylic acids is 3. The minimum Gasteiger partial charge on any atom is -0.336 e. The van der Waals surface area contributed by atoms with Gasteiger partial charge in [0.15, 0.2) is 0 Å². The number of carbonyl (C=O) groups is 3. The zero-order chi connectivity index (χ0) is 24.9. The Balaban J connectivity index is 1.12. The predicted molar refractivity (Wildman–Crippen MR) is 140 cm³/mol. The number of nitrogens with zero attached hydrogens (tertiary/aromatic N) is 3. The molecule has 0 radical (unpaired) electrons. The van der Waals surface area contributed by atoms with E-state index in [1.165, 1.54) is 5.56 Å². The lowest BCUT2D eigenvalue weighted by molar-refractivity contribution is -0.122. The Kier molecular flexibility index (Phi) is 7.09. The minimum atomic E-state index is -0.411. The number of piperazine rings is 1. The van der Waals surface area contributed by atoms with Gasteiger partial charge in [0.2, 0.25) is 11.8 Å². The van der Waals surface area contributed by atoms with Crippen LogP contribution < -0.4 is 10.2 Å². The maximum atomic E-state index is 13.0. The molecule has 3 aromatic carbocycles. The van der Waals surface area contributed by atoms with E-state index >= 15 is 0 Å². The van der Waals surface area contributed by atoms with Gasteiger partial charge in [0, 0.05) is 62.6 Å². The molecule has 36 heavy (non-hydrogen) atoms. The van der Waals surface area contributed by atoms with Crippen molar-refractivity contribution in [3.8, 4) is 0 Å². The third-order valence-corrected chi connectivity index (χ3v) is 6.87. The largest absolute Gasteiger partial charge is 0.336 e. The van der Waals surface area contributed by atoms with Gasteiger partial charge in [-0.1, -0.05) is 48.5 Å². The van der Waals surface area contributed by atoms with E-state index in [0.29, 0.717) is 30.9 Å². The second-order valence-corrected chi connectivity index (χ2v) is 9.36. The standard InChI is InChI=1S/C29H30N4O3/c34-27-19-24(21-33(27)26-9-5-2-6-10-26)28(35)30-25-13-11-23(12-14-25)29(36)32-17-15-31(16-18-32)20-22-7-3-1-4-8-22/h1-14,24H,15-21H2,(H,30,35). The molecule has 7 nitrogen and oxygen atoms in total. The summed E-state index contributed by atoms with van der Waals surface area (Å²) in [6, 6.07) is 26.8. The summed E-state index contributed by atoms with van der Waals surface area (Å²) in [5.41, 5.74) is 3.32. The summed E-state index contributed by atoms with van der Waals surface area (Å²) in [6.07, 6.45) is 0.188. The van der Waals surface area contributed by atoms with Crippen LogP contribution in [-0.4, -0.2) is 60.2 Å². The second-order valence-electron chi connectivity index (χ2n) is 9.36. The number of nitrogens with one attached hydrogen (secondary N) is 1. The van der Waals surface area contributed by atoms with Crippen molar-refractivity contribution in [2.45, 2.75) is 13.0 Å². The molecular weight excluding hydrogens is 452 g/mol. The molecule has 5 rings (SSSR count). The molecule has 2 aliphatic rings. The molecule has 1 unspecified atom stereocenters. The van der Waals surface area contributed by atoms with Crippen molar-refractivity contribution in [1.29, 1.82) is 0 Å². The van der Waals surface area contributed by atoms with Gasteiger partial charge in [-0.3, -0.25) is 19.3 Å². The van der Waals surface area contributed by atoms with Crippen LogP contribution in [0.4, 0.5) is 11.4 Å². The fourth-order valence-corrected chi connectivity index (χ4v) is 4.81. The van der Waals surface area contributed by atoms with Crippen LogP contribution in [0.15, 0.2) is 84.9 Å². The Morgan fingerprint density at radius 1 is 0.806 bits per heavy atom. The van der Waals surface area contributed by atoms with Crippen molar-refractivity contribution in [2.75, 3.05) is 42.9 Å². The lowest BCUT2D eigenvalue weighted by atomic mass is 10.1. The van der Waals surface area contributed by atoms with Crippen LogP contribution in [0, 0.1) is 5.92 Å². The topological polar surface area (TPSA) is 73.0 Å². The van der Waals surface area contributed by atoms with E-state index in [0.717, 1.165) is 25.3 Å². The average molecular weight is 483 g/mol. The number of hydrogen-bond acceptors (Lipinski definition) is 4. The molecule has 0 aromatic heterocycles. The molecule has 7 heteroatoms. The van der Waals surface area contributed by atoms with Gasteiger partial charge in [-0.25, -0.2) is 0 Å². The molecular formula is C29H30N4O3. The van der Waals surface area contributed by atoms with Crippen molar-refractivity contribution < 1.29 is 14.4 Å². The van der Waals surface area contributed by atoms with Crippen LogP contribution >= 0.6 is 0 Å². The first-order valence-electron chi connectivity index (χ1n) is 12.4. The highest BCUT2D eigenvalue weighted by molar-refractivity contribution is 6.03. The summed E-state index contributed by atoms with van der Waals surface area (Å²) in [4.78, 5) is 44.1. The first-order chi connectivity index (χ1) is 17.6. The van der Waals surface area contributed by atoms with Crippen LogP contribution in [0.2, 0.25) is 0 Å². The fourth-order valence-electron chi connectivity index (χ4n) is 4.81. The molecule has 1 N–H and O–H groups in total. The molecule has 0 bridgehead atoms. The molecule has 2 heterocycles. The van der Waals surface area contributed by atoms with E-state index in [-0.39, 0.29) is 24.1 Å². The van der Waals surface area contributed by atoms with Crippen LogP contribution in [0.25, 0.3) is 0 Å². The molecule has 0 aliphatic carbocycles. The molecule has 2 fully saturated rings. The van der Waals surface area contributed by atoms with Crippen molar-refractivity contribution in [2.24, 2.45) is 5.92 Å². The fraction of sp³-hybridized carbons (Fsp3) is 0.276. The van der Waals surface area contributed by atoms with E-state index in [1.54, 1.807) is 29.2 Å². The first kappa shape index (κ1) is 23.8. The summed E-state index contributed by atoms with van der Waals surface area (Å²) >= 11 is 0. The molecule has 1 atom stereocenters. The summed E-state index contributed by atoms with van der Waals surface area (Å²) in [5.74, 6) is -0.639. The van der Waals surface area contributed by atoms with E-state index in [9.17, 15) is 14.4 Å². The number of rotatable bonds is 6. The van der Waals surface area contributed by atoms with Crippen LogP contribution in [-0.2, 0) is 16.1 Å². The van der Waals surface area contributed by atoms with Gasteiger partial charge >= 0.3 is 0 Å². The van der Waals surface area contributed by atoms with E-state index in [1.807, 2.05) is 53.4 Å². The number of para-hydroxylation sites is 1. The molecule has 0 saturated carbocycles. The van der Waals surface area contributed by atoms with Gasteiger partial charge < -0.3 is 15.1 Å². The maximum absolute atomic E-state index is 13.0. The lowest BCUT2D eigenvalue weighted by Crippen LogP contribution is -2.48. The Morgan fingerprint density at radius 2 is 1.44 bits per heavy atom. The van der Waals surface area contributed by atoms with Crippen molar-refractivity contribution in [1.82, 2.24) is 9.80 Å². The SMILES string of the molecule is O=C(Nc1ccc(C(=O)N2CCN(Cc3ccccc3)CC2)cc1)C1CC(=O)N(c2ccccc2)C1. The van der Waals surface area contributed by atoms with Crippen LogP contribution in [0.5, 0.6) is 0 Å². The Morgan fingerprint density at radius 3 is 2.11 bits per heavy atom. The highest BCUT2D eigenvalue weighted by Crippen LogP contribution is 2.26. The number of anilines is 2. The van der Waals surface area contributed by atoms with E-state index < -0.39 is 5.92 Å². The quantitative estimate of drug-likeness (QED) is 0.582. The zero-order valence-corrected chi connectivity index (χ0v) is 20.2. The van der Waals surface area contributed by atoms with Crippen molar-refractivity contribution in [3.05, 3.63) is 96.1 Å². The highest BCUT2D eigenvalue weighted by Gasteiger charge is 2.35. The second kappa shape index (κ2) is 10.7. The summed E-state index contributed by atoms with van der Waals surface area (Å²) in [5, 5.41) is 2.90. The van der Waals surface area contributed by atoms with Crippen molar-refractivity contribution >= 4 is 29.1 Å². The number of benzene rings is 3. The molecule has 0 spiro atoms. The third kappa shape index (κ3) is 5.47. The third-order valence-electron chi connectivity index (χ3n) is 6.87. The van der Waals surface area contributed by atoms with Crippen molar-refractivity contribution in [3.63, 3.8) is 0 Å². The Labute approximate surface area is 211 Å². The predicted octanol–water partition coefficient (Wildman–Crippen LogP) is 3.64. The van der Waals surface area contributed by atoms with Gasteiger partial charge in [0.1, 0.15) is 0 Å². The normalized spacial score (nSPS) is 18.3. The molecule has 184 valence electrons. The maximum Gasteiger partial charge on any atom is 0.253 e. The summed E-state index contributed by atoms with van der Waals surface area (Å²) in [6.45, 7) is 4.33. The Bertz CT molecular complexity index is 1210. The van der Waals surface area contributed by atoms with Gasteiger partial charge in [0.25, 0.3) is 5.91 Å². The number of hydrogen-bond donors (Lipinski definition) is 1. The zero-order valence-electron chi connectivity index (χ0n) is 20.2. The van der Waals surface area contributed by atoms with E-state index in [2.05, 4.69) is 22.3 Å². The number of amides is 3.